The van der Waals surface area contributed by atoms with Crippen molar-refractivity contribution < 1.29 is 9.18 Å². The van der Waals surface area contributed by atoms with E-state index in [0.717, 1.165) is 27.1 Å². The molecule has 0 aliphatic heterocycles. The zero-order valence-electron chi connectivity index (χ0n) is 14.3. The van der Waals surface area contributed by atoms with Gasteiger partial charge < -0.3 is 5.32 Å². The van der Waals surface area contributed by atoms with Crippen molar-refractivity contribution in [3.63, 3.8) is 0 Å². The first kappa shape index (κ1) is 18.1. The van der Waals surface area contributed by atoms with Crippen LogP contribution in [-0.2, 0) is 4.79 Å². The van der Waals surface area contributed by atoms with Crippen molar-refractivity contribution in [2.45, 2.75) is 11.9 Å². The molecule has 0 aliphatic rings. The van der Waals surface area contributed by atoms with Gasteiger partial charge in [-0.3, -0.25) is 4.79 Å². The van der Waals surface area contributed by atoms with Gasteiger partial charge in [-0.1, -0.05) is 23.9 Å². The van der Waals surface area contributed by atoms with Crippen molar-refractivity contribution in [2.24, 2.45) is 0 Å². The van der Waals surface area contributed by atoms with Crippen LogP contribution in [-0.4, -0.2) is 28.2 Å². The number of thioether (sulfide) groups is 1. The number of carbonyl (C=O) groups excluding carboxylic acids is 1. The zero-order valence-corrected chi connectivity index (χ0v) is 15.1. The van der Waals surface area contributed by atoms with E-state index in [9.17, 15) is 9.18 Å². The molecule has 0 aliphatic carbocycles. The van der Waals surface area contributed by atoms with E-state index in [2.05, 4.69) is 21.9 Å². The van der Waals surface area contributed by atoms with Crippen molar-refractivity contribution in [3.8, 4) is 11.4 Å². The zero-order chi connectivity index (χ0) is 18.5. The summed E-state index contributed by atoms with van der Waals surface area (Å²) in [5.74, 6) is 0.365. The standard InChI is InChI=1S/C20H18FN3OS/c1-3-10-22-18(25)12-26-20-16-9-4-13(2)11-17(16)23-19(24-20)14-5-7-15(21)8-6-14/h3-9,11H,1,10,12H2,2H3,(H,22,25). The molecule has 0 unspecified atom stereocenters. The molecule has 0 atom stereocenters. The van der Waals surface area contributed by atoms with Crippen molar-refractivity contribution in [2.75, 3.05) is 12.3 Å². The van der Waals surface area contributed by atoms with Gasteiger partial charge in [-0.2, -0.15) is 0 Å². The summed E-state index contributed by atoms with van der Waals surface area (Å²) in [5.41, 5.74) is 2.61. The maximum absolute atomic E-state index is 13.2. The van der Waals surface area contributed by atoms with Crippen LogP contribution in [0.2, 0.25) is 0 Å². The van der Waals surface area contributed by atoms with Gasteiger partial charge in [0.2, 0.25) is 5.91 Å². The van der Waals surface area contributed by atoms with Gasteiger partial charge in [0.1, 0.15) is 10.8 Å². The predicted molar refractivity (Wildman–Crippen MR) is 104 cm³/mol. The second-order valence-corrected chi connectivity index (χ2v) is 6.73. The Hall–Kier alpha value is -2.73. The number of aryl methyl sites for hydroxylation is 1. The number of halogens is 1. The maximum Gasteiger partial charge on any atom is 0.230 e. The molecule has 132 valence electrons. The molecule has 1 N–H and O–H groups in total. The first-order valence-electron chi connectivity index (χ1n) is 8.11. The van der Waals surface area contributed by atoms with Crippen molar-refractivity contribution >= 4 is 28.6 Å². The van der Waals surface area contributed by atoms with Crippen LogP contribution in [0, 0.1) is 12.7 Å². The van der Waals surface area contributed by atoms with E-state index in [1.165, 1.54) is 23.9 Å². The minimum Gasteiger partial charge on any atom is -0.352 e. The van der Waals surface area contributed by atoms with E-state index in [-0.39, 0.29) is 17.5 Å². The van der Waals surface area contributed by atoms with Crippen LogP contribution in [0.1, 0.15) is 5.56 Å². The highest BCUT2D eigenvalue weighted by atomic mass is 32.2. The highest BCUT2D eigenvalue weighted by Gasteiger charge is 2.12. The third-order valence-corrected chi connectivity index (χ3v) is 4.69. The average molecular weight is 367 g/mol. The summed E-state index contributed by atoms with van der Waals surface area (Å²) in [6.45, 7) is 6.01. The van der Waals surface area contributed by atoms with Gasteiger partial charge in [0.05, 0.1) is 11.3 Å². The third-order valence-electron chi connectivity index (χ3n) is 3.70. The number of rotatable bonds is 6. The number of nitrogens with one attached hydrogen (secondary N) is 1. The number of fused-ring (bicyclic) bond motifs is 1. The van der Waals surface area contributed by atoms with Gasteiger partial charge in [0.25, 0.3) is 0 Å². The van der Waals surface area contributed by atoms with E-state index in [1.807, 2.05) is 25.1 Å². The molecular weight excluding hydrogens is 349 g/mol. The molecule has 26 heavy (non-hydrogen) atoms. The molecule has 1 amide bonds. The number of hydrogen-bond donors (Lipinski definition) is 1. The predicted octanol–water partition coefficient (Wildman–Crippen LogP) is 4.14. The monoisotopic (exact) mass is 367 g/mol. The lowest BCUT2D eigenvalue weighted by atomic mass is 10.1. The number of benzene rings is 2. The number of carbonyl (C=O) groups is 1. The maximum atomic E-state index is 13.2. The van der Waals surface area contributed by atoms with Crippen molar-refractivity contribution in [3.05, 3.63) is 66.5 Å². The molecule has 2 aromatic carbocycles. The van der Waals surface area contributed by atoms with E-state index >= 15 is 0 Å². The van der Waals surface area contributed by atoms with Crippen LogP contribution >= 0.6 is 11.8 Å². The first-order chi connectivity index (χ1) is 12.6. The van der Waals surface area contributed by atoms with Gasteiger partial charge in [-0.05, 0) is 48.9 Å². The van der Waals surface area contributed by atoms with Crippen LogP contribution < -0.4 is 5.32 Å². The molecule has 0 bridgehead atoms. The normalized spacial score (nSPS) is 10.7. The minimum absolute atomic E-state index is 0.0860. The molecule has 0 spiro atoms. The molecule has 1 heterocycles. The highest BCUT2D eigenvalue weighted by molar-refractivity contribution is 8.00. The SMILES string of the molecule is C=CCNC(=O)CSc1nc(-c2ccc(F)cc2)nc2cc(C)ccc12. The Balaban J connectivity index is 1.98. The summed E-state index contributed by atoms with van der Waals surface area (Å²) in [4.78, 5) is 21.1. The van der Waals surface area contributed by atoms with Gasteiger partial charge in [0.15, 0.2) is 5.82 Å². The van der Waals surface area contributed by atoms with Crippen LogP contribution in [0.5, 0.6) is 0 Å². The molecule has 4 nitrogen and oxygen atoms in total. The lowest BCUT2D eigenvalue weighted by molar-refractivity contribution is -0.118. The van der Waals surface area contributed by atoms with Gasteiger partial charge in [-0.25, -0.2) is 14.4 Å². The third kappa shape index (κ3) is 4.26. The van der Waals surface area contributed by atoms with Crippen LogP contribution in [0.3, 0.4) is 0 Å². The Labute approximate surface area is 155 Å². The summed E-state index contributed by atoms with van der Waals surface area (Å²) >= 11 is 1.35. The number of amides is 1. The second-order valence-electron chi connectivity index (χ2n) is 5.76. The minimum atomic E-state index is -0.307. The Bertz CT molecular complexity index is 957. The summed E-state index contributed by atoms with van der Waals surface area (Å²) < 4.78 is 13.2. The fourth-order valence-corrected chi connectivity index (χ4v) is 3.27. The quantitative estimate of drug-likeness (QED) is 0.404. The fraction of sp³-hybridized carbons (Fsp3) is 0.150. The molecule has 3 aromatic rings. The first-order valence-corrected chi connectivity index (χ1v) is 9.10. The summed E-state index contributed by atoms with van der Waals surface area (Å²) in [6, 6.07) is 12.0. The number of hydrogen-bond acceptors (Lipinski definition) is 4. The molecule has 3 rings (SSSR count). The lowest BCUT2D eigenvalue weighted by Gasteiger charge is -2.09. The van der Waals surface area contributed by atoms with Gasteiger partial charge in [-0.15, -0.1) is 6.58 Å². The number of aromatic nitrogens is 2. The Morgan fingerprint density at radius 1 is 1.23 bits per heavy atom. The fourth-order valence-electron chi connectivity index (χ4n) is 2.42. The average Bonchev–Trinajstić information content (AvgIpc) is 2.64. The van der Waals surface area contributed by atoms with Crippen LogP contribution in [0.4, 0.5) is 4.39 Å². The van der Waals surface area contributed by atoms with Gasteiger partial charge >= 0.3 is 0 Å². The lowest BCUT2D eigenvalue weighted by Crippen LogP contribution is -2.24. The van der Waals surface area contributed by atoms with Crippen LogP contribution in [0.15, 0.2) is 60.1 Å². The molecule has 0 saturated heterocycles. The van der Waals surface area contributed by atoms with E-state index in [1.54, 1.807) is 18.2 Å². The van der Waals surface area contributed by atoms with E-state index < -0.39 is 0 Å². The van der Waals surface area contributed by atoms with Crippen LogP contribution in [0.25, 0.3) is 22.3 Å². The molecular formula is C20H18FN3OS. The summed E-state index contributed by atoms with van der Waals surface area (Å²) in [7, 11) is 0. The Morgan fingerprint density at radius 3 is 2.73 bits per heavy atom. The molecule has 0 fully saturated rings. The van der Waals surface area contributed by atoms with Crippen molar-refractivity contribution in [1.82, 2.24) is 15.3 Å². The number of nitrogens with zero attached hydrogens (tertiary/aromatic N) is 2. The topological polar surface area (TPSA) is 54.9 Å². The summed E-state index contributed by atoms with van der Waals surface area (Å²) in [5, 5.41) is 4.37. The molecule has 0 radical (unpaired) electrons. The molecule has 0 saturated carbocycles. The largest absolute Gasteiger partial charge is 0.352 e. The molecule has 1 aromatic heterocycles. The van der Waals surface area contributed by atoms with Gasteiger partial charge in [0, 0.05) is 17.5 Å². The second kappa shape index (κ2) is 8.10. The van der Waals surface area contributed by atoms with E-state index in [4.69, 9.17) is 0 Å². The Kier molecular flexibility index (Phi) is 5.63. The highest BCUT2D eigenvalue weighted by Crippen LogP contribution is 2.29. The molecule has 6 heteroatoms. The Morgan fingerprint density at radius 2 is 2.00 bits per heavy atom. The summed E-state index contributed by atoms with van der Waals surface area (Å²) in [6.07, 6.45) is 1.64. The van der Waals surface area contributed by atoms with E-state index in [0.29, 0.717) is 12.4 Å². The smallest absolute Gasteiger partial charge is 0.230 e. The van der Waals surface area contributed by atoms with Crippen molar-refractivity contribution in [1.29, 1.82) is 0 Å².